The number of para-hydroxylation sites is 2. The van der Waals surface area contributed by atoms with Gasteiger partial charge in [0.05, 0.1) is 27.8 Å². The lowest BCUT2D eigenvalue weighted by Crippen LogP contribution is -2.00. The zero-order valence-electron chi connectivity index (χ0n) is 37.0. The number of aromatic nitrogens is 3. The molecule has 0 spiro atoms. The Hall–Kier alpha value is -9.05. The first-order valence-corrected chi connectivity index (χ1v) is 23.4. The molecule has 68 heavy (non-hydrogen) atoms. The predicted octanol–water partition coefficient (Wildman–Crippen LogP) is 17.4. The number of benzene rings is 11. The van der Waals surface area contributed by atoms with Gasteiger partial charge in [-0.3, -0.25) is 4.57 Å². The molecule has 0 aliphatic heterocycles. The molecule has 11 aromatic carbocycles. The highest BCUT2D eigenvalue weighted by molar-refractivity contribution is 6.26. The second kappa shape index (κ2) is 15.3. The summed E-state index contributed by atoms with van der Waals surface area (Å²) in [5.74, 6) is 0.894. The summed E-state index contributed by atoms with van der Waals surface area (Å²) in [6.45, 7) is 0. The van der Waals surface area contributed by atoms with Gasteiger partial charge in [0.1, 0.15) is 5.82 Å². The molecule has 3 nitrogen and oxygen atoms in total. The molecule has 3 heterocycles. The molecule has 3 aromatic heterocycles. The van der Waals surface area contributed by atoms with Gasteiger partial charge in [0.25, 0.3) is 0 Å². The predicted molar refractivity (Wildman–Crippen MR) is 287 cm³/mol. The monoisotopic (exact) mass is 863 g/mol. The molecule has 0 radical (unpaired) electrons. The van der Waals surface area contributed by atoms with Gasteiger partial charge in [-0.15, -0.1) is 0 Å². The molecule has 14 rings (SSSR count). The lowest BCUT2D eigenvalue weighted by Gasteiger charge is -2.13. The van der Waals surface area contributed by atoms with Crippen molar-refractivity contribution in [3.8, 4) is 56.1 Å². The van der Waals surface area contributed by atoms with E-state index in [-0.39, 0.29) is 0 Å². The highest BCUT2D eigenvalue weighted by Crippen LogP contribution is 2.41. The van der Waals surface area contributed by atoms with Crippen LogP contribution in [0.4, 0.5) is 0 Å². The van der Waals surface area contributed by atoms with E-state index in [0.717, 1.165) is 44.9 Å². The van der Waals surface area contributed by atoms with Crippen molar-refractivity contribution in [2.24, 2.45) is 0 Å². The standard InChI is InChI=1S/C65H41N3/c1-3-16-42(17-4-1)48-40-60(43-18-5-2-6-19-43)66-65(41-48)68-62-29-14-12-27-56(62)59-39-47(32-35-64(59)68)46-31-34-63-58(38-46)55-26-11-13-28-61(55)67(63)49-21-15-20-44(36-49)45-30-33-54-52-24-8-7-22-50(52)51-23-9-10-25-53(51)57(54)37-45/h1-41H. The highest BCUT2D eigenvalue weighted by Gasteiger charge is 2.19. The average molecular weight is 864 g/mol. The second-order valence-electron chi connectivity index (χ2n) is 17.9. The third-order valence-corrected chi connectivity index (χ3v) is 14.1. The maximum Gasteiger partial charge on any atom is 0.138 e. The summed E-state index contributed by atoms with van der Waals surface area (Å²) < 4.78 is 4.76. The zero-order chi connectivity index (χ0) is 44.7. The van der Waals surface area contributed by atoms with Crippen LogP contribution in [0, 0.1) is 0 Å². The summed E-state index contributed by atoms with van der Waals surface area (Å²) in [7, 11) is 0. The molecule has 0 atom stereocenters. The molecule has 3 heteroatoms. The van der Waals surface area contributed by atoms with Gasteiger partial charge in [-0.05, 0) is 132 Å². The van der Waals surface area contributed by atoms with E-state index in [0.29, 0.717) is 0 Å². The summed E-state index contributed by atoms with van der Waals surface area (Å²) in [4.78, 5) is 5.36. The minimum absolute atomic E-state index is 0.894. The summed E-state index contributed by atoms with van der Waals surface area (Å²) in [5.41, 5.74) is 14.8. The Morgan fingerprint density at radius 1 is 0.221 bits per heavy atom. The summed E-state index contributed by atoms with van der Waals surface area (Å²) in [6.07, 6.45) is 0. The van der Waals surface area contributed by atoms with E-state index in [1.807, 2.05) is 0 Å². The molecular weight excluding hydrogens is 823 g/mol. The van der Waals surface area contributed by atoms with Crippen molar-refractivity contribution in [2.75, 3.05) is 0 Å². The number of fused-ring (bicyclic) bond motifs is 12. The Morgan fingerprint density at radius 3 is 1.26 bits per heavy atom. The fraction of sp³-hybridized carbons (Fsp3) is 0. The molecule has 14 aromatic rings. The maximum absolute atomic E-state index is 5.36. The van der Waals surface area contributed by atoms with Gasteiger partial charge in [-0.2, -0.15) is 0 Å². The van der Waals surface area contributed by atoms with Crippen LogP contribution in [0.25, 0.3) is 132 Å². The first kappa shape index (κ1) is 38.2. The molecule has 0 saturated heterocycles. The van der Waals surface area contributed by atoms with E-state index >= 15 is 0 Å². The fourth-order valence-corrected chi connectivity index (χ4v) is 10.9. The Bertz CT molecular complexity index is 4220. The van der Waals surface area contributed by atoms with Crippen LogP contribution in [0.15, 0.2) is 249 Å². The van der Waals surface area contributed by atoms with Crippen LogP contribution in [-0.2, 0) is 0 Å². The van der Waals surface area contributed by atoms with Gasteiger partial charge < -0.3 is 4.57 Å². The van der Waals surface area contributed by atoms with Gasteiger partial charge >= 0.3 is 0 Å². The van der Waals surface area contributed by atoms with Crippen molar-refractivity contribution in [1.82, 2.24) is 14.1 Å². The Kier molecular flexibility index (Phi) is 8.59. The van der Waals surface area contributed by atoms with E-state index in [4.69, 9.17) is 4.98 Å². The van der Waals surface area contributed by atoms with Crippen LogP contribution in [0.5, 0.6) is 0 Å². The smallest absolute Gasteiger partial charge is 0.138 e. The number of nitrogens with zero attached hydrogens (tertiary/aromatic N) is 3. The summed E-state index contributed by atoms with van der Waals surface area (Å²) in [6, 6.07) is 90.6. The molecular formula is C65H41N3. The molecule has 0 fully saturated rings. The van der Waals surface area contributed by atoms with Crippen LogP contribution >= 0.6 is 0 Å². The van der Waals surface area contributed by atoms with Crippen LogP contribution in [0.1, 0.15) is 0 Å². The van der Waals surface area contributed by atoms with E-state index in [9.17, 15) is 0 Å². The Balaban J connectivity index is 0.891. The van der Waals surface area contributed by atoms with Gasteiger partial charge in [0.15, 0.2) is 0 Å². The van der Waals surface area contributed by atoms with Crippen molar-refractivity contribution < 1.29 is 0 Å². The minimum atomic E-state index is 0.894. The number of hydrogen-bond donors (Lipinski definition) is 0. The molecule has 0 unspecified atom stereocenters. The van der Waals surface area contributed by atoms with Gasteiger partial charge in [-0.1, -0.05) is 182 Å². The highest BCUT2D eigenvalue weighted by atomic mass is 15.1. The summed E-state index contributed by atoms with van der Waals surface area (Å²) in [5, 5.41) is 12.6. The molecule has 0 saturated carbocycles. The van der Waals surface area contributed by atoms with Crippen LogP contribution in [0.2, 0.25) is 0 Å². The first-order valence-electron chi connectivity index (χ1n) is 23.4. The third-order valence-electron chi connectivity index (χ3n) is 14.1. The quantitative estimate of drug-likeness (QED) is 0.153. The molecule has 0 N–H and O–H groups in total. The van der Waals surface area contributed by atoms with Gasteiger partial charge in [0.2, 0.25) is 0 Å². The zero-order valence-corrected chi connectivity index (χ0v) is 37.0. The van der Waals surface area contributed by atoms with Crippen LogP contribution in [-0.4, -0.2) is 14.1 Å². The largest absolute Gasteiger partial charge is 0.309 e. The molecule has 316 valence electrons. The SMILES string of the molecule is c1ccc(-c2cc(-c3ccccc3)nc(-n3c4ccccc4c4cc(-c5ccc6c(c5)c5ccccc5n6-c5cccc(-c6ccc7c8ccccc8c8ccccc8c7c6)c5)ccc43)c2)cc1. The van der Waals surface area contributed by atoms with E-state index in [2.05, 4.69) is 258 Å². The first-order chi connectivity index (χ1) is 33.7. The van der Waals surface area contributed by atoms with Crippen molar-refractivity contribution in [3.63, 3.8) is 0 Å². The lowest BCUT2D eigenvalue weighted by atomic mass is 9.92. The van der Waals surface area contributed by atoms with Crippen LogP contribution in [0.3, 0.4) is 0 Å². The van der Waals surface area contributed by atoms with Crippen molar-refractivity contribution >= 4 is 75.9 Å². The summed E-state index contributed by atoms with van der Waals surface area (Å²) >= 11 is 0. The normalized spacial score (nSPS) is 11.8. The number of hydrogen-bond acceptors (Lipinski definition) is 1. The molecule has 0 aliphatic carbocycles. The Labute approximate surface area is 393 Å². The minimum Gasteiger partial charge on any atom is -0.309 e. The fourth-order valence-electron chi connectivity index (χ4n) is 10.9. The average Bonchev–Trinajstić information content (AvgIpc) is 3.93. The van der Waals surface area contributed by atoms with Crippen LogP contribution < -0.4 is 0 Å². The van der Waals surface area contributed by atoms with E-state index < -0.39 is 0 Å². The van der Waals surface area contributed by atoms with Crippen molar-refractivity contribution in [1.29, 1.82) is 0 Å². The second-order valence-corrected chi connectivity index (χ2v) is 17.9. The topological polar surface area (TPSA) is 22.8 Å². The van der Waals surface area contributed by atoms with Crippen molar-refractivity contribution in [3.05, 3.63) is 249 Å². The van der Waals surface area contributed by atoms with E-state index in [1.165, 1.54) is 87.1 Å². The number of pyridine rings is 1. The van der Waals surface area contributed by atoms with Crippen molar-refractivity contribution in [2.45, 2.75) is 0 Å². The lowest BCUT2D eigenvalue weighted by molar-refractivity contribution is 1.08. The van der Waals surface area contributed by atoms with E-state index in [1.54, 1.807) is 0 Å². The van der Waals surface area contributed by atoms with Gasteiger partial charge in [-0.25, -0.2) is 4.98 Å². The molecule has 0 bridgehead atoms. The maximum atomic E-state index is 5.36. The molecule has 0 aliphatic rings. The van der Waals surface area contributed by atoms with Gasteiger partial charge in [0, 0.05) is 32.8 Å². The number of rotatable bonds is 6. The molecule has 0 amide bonds. The third kappa shape index (κ3) is 6.03. The Morgan fingerprint density at radius 2 is 0.647 bits per heavy atom.